The van der Waals surface area contributed by atoms with Crippen molar-refractivity contribution in [1.29, 1.82) is 0 Å². The van der Waals surface area contributed by atoms with Gasteiger partial charge in [0.1, 0.15) is 5.78 Å². The summed E-state index contributed by atoms with van der Waals surface area (Å²) in [5.74, 6) is 6.00. The first-order chi connectivity index (χ1) is 12.7. The number of Topliss-reactive ketones (excluding diaryl/α,β-unsaturated/α-hetero) is 1. The first-order valence-electron chi connectivity index (χ1n) is 11.5. The van der Waals surface area contributed by atoms with Gasteiger partial charge in [-0.3, -0.25) is 0 Å². The van der Waals surface area contributed by atoms with Crippen LogP contribution in [0.25, 0.3) is 0 Å². The van der Waals surface area contributed by atoms with Crippen LogP contribution in [0.3, 0.4) is 0 Å². The van der Waals surface area contributed by atoms with Crippen molar-refractivity contribution in [3.8, 4) is 0 Å². The predicted octanol–water partition coefficient (Wildman–Crippen LogP) is 6.34. The summed E-state index contributed by atoms with van der Waals surface area (Å²) in [7, 11) is 0. The average molecular weight is 499 g/mol. The maximum Gasteiger partial charge on any atom is 2.00 e. The minimum absolute atomic E-state index is 0. The Balaban J connectivity index is 0.00000150. The van der Waals surface area contributed by atoms with Crippen LogP contribution in [0, 0.1) is 48.3 Å². The SMILES string of the molecule is CC(=O)CC[C@@H](C)[C@H]1CC[C@H]2[C@@H]3CC=C4C[C@@](C)(O)CC[C-]4C3CC[C@]12C.[CH3-].[Cd+2]. The average Bonchev–Trinajstić information content (AvgIpc) is 2.95. The van der Waals surface area contributed by atoms with Crippen molar-refractivity contribution in [3.05, 3.63) is 25.0 Å². The van der Waals surface area contributed by atoms with E-state index < -0.39 is 5.60 Å². The molecule has 0 saturated heterocycles. The van der Waals surface area contributed by atoms with Gasteiger partial charge in [-0.05, 0) is 75.5 Å². The van der Waals surface area contributed by atoms with Crippen molar-refractivity contribution in [1.82, 2.24) is 0 Å². The van der Waals surface area contributed by atoms with Gasteiger partial charge in [-0.2, -0.15) is 0 Å². The molecule has 0 heterocycles. The molecule has 0 aromatic carbocycles. The van der Waals surface area contributed by atoms with Crippen LogP contribution in [0.15, 0.2) is 11.6 Å². The van der Waals surface area contributed by atoms with Crippen molar-refractivity contribution in [2.24, 2.45) is 35.0 Å². The van der Waals surface area contributed by atoms with Crippen LogP contribution >= 0.6 is 0 Å². The zero-order valence-electron chi connectivity index (χ0n) is 19.6. The fourth-order valence-corrected chi connectivity index (χ4v) is 7.74. The Morgan fingerprint density at radius 3 is 2.69 bits per heavy atom. The van der Waals surface area contributed by atoms with Crippen LogP contribution in [0.2, 0.25) is 0 Å². The van der Waals surface area contributed by atoms with E-state index in [-0.39, 0.29) is 34.7 Å². The molecule has 1 N–H and O–H groups in total. The first kappa shape index (κ1) is 25.4. The molecule has 2 nitrogen and oxygen atoms in total. The number of carbonyl (C=O) groups is 1. The first-order valence-corrected chi connectivity index (χ1v) is 11.5. The second-order valence-corrected chi connectivity index (χ2v) is 11.0. The zero-order chi connectivity index (χ0) is 19.4. The molecule has 3 saturated carbocycles. The molecule has 4 aliphatic rings. The van der Waals surface area contributed by atoms with E-state index in [1.165, 1.54) is 37.7 Å². The molecular formula is C26H42CdO2. The van der Waals surface area contributed by atoms with E-state index in [9.17, 15) is 9.90 Å². The van der Waals surface area contributed by atoms with Gasteiger partial charge in [0.05, 0.1) is 5.60 Å². The monoisotopic (exact) mass is 500 g/mol. The molecule has 3 heteroatoms. The molecule has 29 heavy (non-hydrogen) atoms. The van der Waals surface area contributed by atoms with Crippen molar-refractivity contribution < 1.29 is 37.2 Å². The number of aliphatic hydroxyl groups is 1. The largest absolute Gasteiger partial charge is 2.00 e. The Morgan fingerprint density at radius 1 is 1.28 bits per heavy atom. The van der Waals surface area contributed by atoms with Gasteiger partial charge < -0.3 is 17.3 Å². The molecule has 3 fully saturated rings. The van der Waals surface area contributed by atoms with Crippen molar-refractivity contribution in [3.63, 3.8) is 0 Å². The second-order valence-electron chi connectivity index (χ2n) is 11.0. The van der Waals surface area contributed by atoms with E-state index in [1.807, 2.05) is 6.92 Å². The standard InChI is InChI=1S/C25H39O2.CH3.Cd/c1-16(5-6-17(2)26)22-9-10-23-21-8-7-18-15-24(3,27)13-11-19(18)20(21)12-14-25(22,23)4;;/h7,16,20-23,27H,5-6,8-15H2,1-4H3;1H3;/q2*-1;+2/t16-,20?,21-,22-,23+,24+,25-;;/m1../s1. The van der Waals surface area contributed by atoms with Gasteiger partial charge in [0, 0.05) is 6.42 Å². The summed E-state index contributed by atoms with van der Waals surface area (Å²) >= 11 is 0. The van der Waals surface area contributed by atoms with Gasteiger partial charge >= 0.3 is 27.3 Å². The van der Waals surface area contributed by atoms with E-state index in [4.69, 9.17) is 0 Å². The molecule has 0 radical (unpaired) electrons. The fourth-order valence-electron chi connectivity index (χ4n) is 7.74. The maximum atomic E-state index is 11.5. The fraction of sp³-hybridized carbons (Fsp3) is 0.808. The number of ketones is 1. The van der Waals surface area contributed by atoms with E-state index in [0.717, 1.165) is 55.8 Å². The Labute approximate surface area is 199 Å². The molecule has 4 aliphatic carbocycles. The third-order valence-corrected chi connectivity index (χ3v) is 9.15. The molecule has 7 atom stereocenters. The minimum Gasteiger partial charge on any atom is -0.390 e. The van der Waals surface area contributed by atoms with Crippen LogP contribution in [0.5, 0.6) is 0 Å². The third kappa shape index (κ3) is 4.68. The van der Waals surface area contributed by atoms with Gasteiger partial charge in [-0.15, -0.1) is 0 Å². The van der Waals surface area contributed by atoms with Crippen LogP contribution < -0.4 is 0 Å². The summed E-state index contributed by atoms with van der Waals surface area (Å²) in [5.41, 5.74) is 1.49. The molecule has 0 bridgehead atoms. The summed E-state index contributed by atoms with van der Waals surface area (Å²) in [6.07, 6.45) is 14.0. The van der Waals surface area contributed by atoms with Crippen LogP contribution in [0.4, 0.5) is 0 Å². The number of carbonyl (C=O) groups excluding carboxylic acids is 1. The number of hydrogen-bond donors (Lipinski definition) is 1. The van der Waals surface area contributed by atoms with E-state index in [0.29, 0.717) is 17.1 Å². The maximum absolute atomic E-state index is 11.5. The van der Waals surface area contributed by atoms with Gasteiger partial charge in [-0.1, -0.05) is 44.9 Å². The molecular weight excluding hydrogens is 457 g/mol. The van der Waals surface area contributed by atoms with Crippen molar-refractivity contribution in [2.75, 3.05) is 0 Å². The second kappa shape index (κ2) is 9.34. The minimum atomic E-state index is -0.490. The van der Waals surface area contributed by atoms with Crippen molar-refractivity contribution >= 4 is 5.78 Å². The number of hydrogen-bond acceptors (Lipinski definition) is 2. The molecule has 4 rings (SSSR count). The van der Waals surface area contributed by atoms with Gasteiger partial charge in [0.25, 0.3) is 0 Å². The predicted molar refractivity (Wildman–Crippen MR) is 116 cm³/mol. The summed E-state index contributed by atoms with van der Waals surface area (Å²) in [5, 5.41) is 10.5. The molecule has 1 unspecified atom stereocenters. The van der Waals surface area contributed by atoms with Crippen LogP contribution in [0.1, 0.15) is 91.9 Å². The zero-order valence-corrected chi connectivity index (χ0v) is 23.6. The third-order valence-electron chi connectivity index (χ3n) is 9.15. The van der Waals surface area contributed by atoms with Gasteiger partial charge in [-0.25, -0.2) is 17.6 Å². The normalized spacial score (nSPS) is 41.7. The Morgan fingerprint density at radius 2 is 2.00 bits per heavy atom. The van der Waals surface area contributed by atoms with E-state index in [2.05, 4.69) is 19.9 Å². The van der Waals surface area contributed by atoms with E-state index >= 15 is 0 Å². The topological polar surface area (TPSA) is 37.3 Å². The molecule has 0 aromatic rings. The van der Waals surface area contributed by atoms with Crippen LogP contribution in [-0.4, -0.2) is 16.5 Å². The van der Waals surface area contributed by atoms with Crippen LogP contribution in [-0.2, 0) is 32.1 Å². The molecule has 0 aliphatic heterocycles. The smallest absolute Gasteiger partial charge is 0.390 e. The quantitative estimate of drug-likeness (QED) is 0.363. The molecule has 0 aromatic heterocycles. The Bertz CT molecular complexity index is 624. The van der Waals surface area contributed by atoms with Gasteiger partial charge in [0.15, 0.2) is 0 Å². The van der Waals surface area contributed by atoms with Gasteiger partial charge in [0.2, 0.25) is 0 Å². The summed E-state index contributed by atoms with van der Waals surface area (Å²) in [4.78, 5) is 11.5. The summed E-state index contributed by atoms with van der Waals surface area (Å²) in [6, 6.07) is 0. The van der Waals surface area contributed by atoms with Crippen molar-refractivity contribution in [2.45, 2.75) is 97.5 Å². The molecule has 0 amide bonds. The number of allylic oxidation sites excluding steroid dienone is 1. The Kier molecular flexibility index (Phi) is 8.19. The van der Waals surface area contributed by atoms with E-state index in [1.54, 1.807) is 12.8 Å². The number of fused-ring (bicyclic) bond motifs is 5. The summed E-state index contributed by atoms with van der Waals surface area (Å²) < 4.78 is 0. The molecule has 0 spiro atoms. The summed E-state index contributed by atoms with van der Waals surface area (Å²) in [6.45, 7) is 8.75. The number of rotatable bonds is 4. The Hall–Kier alpha value is 0.162. The molecule has 160 valence electrons.